The molecule has 0 aromatic carbocycles. The van der Waals surface area contributed by atoms with E-state index in [-0.39, 0.29) is 6.04 Å². The van der Waals surface area contributed by atoms with Crippen molar-refractivity contribution in [3.63, 3.8) is 0 Å². The van der Waals surface area contributed by atoms with Gasteiger partial charge in [-0.15, -0.1) is 6.42 Å². The van der Waals surface area contributed by atoms with Crippen LogP contribution in [0, 0.1) is 12.3 Å². The van der Waals surface area contributed by atoms with E-state index in [1.807, 2.05) is 0 Å². The number of rotatable bonds is 2. The third-order valence-electron chi connectivity index (χ3n) is 1.59. The first kappa shape index (κ1) is 8.72. The second-order valence-electron chi connectivity index (χ2n) is 2.46. The molecule has 0 spiro atoms. The van der Waals surface area contributed by atoms with Crippen LogP contribution < -0.4 is 11.5 Å². The molecule has 0 aliphatic rings. The highest BCUT2D eigenvalue weighted by molar-refractivity contribution is 5.30. The molecule has 0 aliphatic carbocycles. The Bertz CT molecular complexity index is 284. The van der Waals surface area contributed by atoms with Crippen molar-refractivity contribution < 1.29 is 0 Å². The zero-order valence-corrected chi connectivity index (χ0v) is 6.70. The normalized spacial score (nSPS) is 12.1. The molecule has 0 saturated heterocycles. The summed E-state index contributed by atoms with van der Waals surface area (Å²) in [6.45, 7) is 0.391. The standard InChI is InChI=1S/C9H11N3/c1-2-7-3-4-9(12-6-7)8(11)5-10/h1,3-4,6,8H,5,10-11H2. The average Bonchev–Trinajstić information content (AvgIpc) is 2.17. The summed E-state index contributed by atoms with van der Waals surface area (Å²) in [6, 6.07) is 3.40. The van der Waals surface area contributed by atoms with Crippen molar-refractivity contribution in [3.05, 3.63) is 29.6 Å². The number of nitrogens with two attached hydrogens (primary N) is 2. The topological polar surface area (TPSA) is 64.9 Å². The maximum Gasteiger partial charge on any atom is 0.0594 e. The molecule has 1 heterocycles. The molecule has 0 radical (unpaired) electrons. The highest BCUT2D eigenvalue weighted by Gasteiger charge is 2.03. The summed E-state index contributed by atoms with van der Waals surface area (Å²) >= 11 is 0. The Kier molecular flexibility index (Phi) is 2.81. The van der Waals surface area contributed by atoms with Crippen molar-refractivity contribution in [3.8, 4) is 12.3 Å². The van der Waals surface area contributed by atoms with Crippen LogP contribution in [0.25, 0.3) is 0 Å². The molecule has 1 rings (SSSR count). The van der Waals surface area contributed by atoms with Crippen LogP contribution in [-0.4, -0.2) is 11.5 Å². The van der Waals surface area contributed by atoms with E-state index in [4.69, 9.17) is 17.9 Å². The van der Waals surface area contributed by atoms with Crippen LogP contribution in [0.2, 0.25) is 0 Å². The summed E-state index contributed by atoms with van der Waals surface area (Å²) in [4.78, 5) is 4.07. The predicted octanol–water partition coefficient (Wildman–Crippen LogP) is 0.0214. The second-order valence-corrected chi connectivity index (χ2v) is 2.46. The molecule has 1 atom stereocenters. The lowest BCUT2D eigenvalue weighted by molar-refractivity contribution is 0.711. The second kappa shape index (κ2) is 3.86. The van der Waals surface area contributed by atoms with Gasteiger partial charge in [0.1, 0.15) is 0 Å². The summed E-state index contributed by atoms with van der Waals surface area (Å²) < 4.78 is 0. The number of terminal acetylenes is 1. The molecular formula is C9H11N3. The third kappa shape index (κ3) is 1.82. The fourth-order valence-electron chi connectivity index (χ4n) is 0.831. The van der Waals surface area contributed by atoms with E-state index in [0.29, 0.717) is 6.54 Å². The van der Waals surface area contributed by atoms with Crippen LogP contribution in [0.4, 0.5) is 0 Å². The molecule has 1 unspecified atom stereocenters. The summed E-state index contributed by atoms with van der Waals surface area (Å²) in [7, 11) is 0. The lowest BCUT2D eigenvalue weighted by atomic mass is 10.2. The van der Waals surface area contributed by atoms with Gasteiger partial charge in [0.05, 0.1) is 11.7 Å². The van der Waals surface area contributed by atoms with Crippen LogP contribution in [-0.2, 0) is 0 Å². The van der Waals surface area contributed by atoms with E-state index in [9.17, 15) is 0 Å². The average molecular weight is 161 g/mol. The Morgan fingerprint density at radius 2 is 2.33 bits per heavy atom. The van der Waals surface area contributed by atoms with Crippen LogP contribution in [0.1, 0.15) is 17.3 Å². The van der Waals surface area contributed by atoms with Gasteiger partial charge in [-0.05, 0) is 12.1 Å². The summed E-state index contributed by atoms with van der Waals surface area (Å²) in [5.41, 5.74) is 12.5. The third-order valence-corrected chi connectivity index (χ3v) is 1.59. The largest absolute Gasteiger partial charge is 0.329 e. The van der Waals surface area contributed by atoms with Crippen molar-refractivity contribution in [2.45, 2.75) is 6.04 Å². The van der Waals surface area contributed by atoms with Gasteiger partial charge in [-0.2, -0.15) is 0 Å². The van der Waals surface area contributed by atoms with Crippen molar-refractivity contribution in [2.75, 3.05) is 6.54 Å². The molecule has 0 amide bonds. The van der Waals surface area contributed by atoms with E-state index in [2.05, 4.69) is 10.9 Å². The summed E-state index contributed by atoms with van der Waals surface area (Å²) in [5.74, 6) is 2.48. The molecule has 3 nitrogen and oxygen atoms in total. The molecule has 4 N–H and O–H groups in total. The zero-order chi connectivity index (χ0) is 8.97. The SMILES string of the molecule is C#Cc1ccc(C(N)CN)nc1. The van der Waals surface area contributed by atoms with E-state index in [0.717, 1.165) is 11.3 Å². The van der Waals surface area contributed by atoms with E-state index >= 15 is 0 Å². The van der Waals surface area contributed by atoms with Gasteiger partial charge >= 0.3 is 0 Å². The highest BCUT2D eigenvalue weighted by atomic mass is 14.8. The number of hydrogen-bond donors (Lipinski definition) is 2. The molecule has 3 heteroatoms. The Labute approximate surface area is 71.8 Å². The van der Waals surface area contributed by atoms with Gasteiger partial charge < -0.3 is 11.5 Å². The summed E-state index contributed by atoms with van der Waals surface area (Å²) in [6.07, 6.45) is 6.78. The Morgan fingerprint density at radius 3 is 2.75 bits per heavy atom. The number of aromatic nitrogens is 1. The molecule has 0 aliphatic heterocycles. The van der Waals surface area contributed by atoms with Gasteiger partial charge in [0.2, 0.25) is 0 Å². The molecule has 62 valence electrons. The monoisotopic (exact) mass is 161 g/mol. The van der Waals surface area contributed by atoms with Gasteiger partial charge in [0.25, 0.3) is 0 Å². The first-order chi connectivity index (χ1) is 5.77. The number of hydrogen-bond acceptors (Lipinski definition) is 3. The van der Waals surface area contributed by atoms with Gasteiger partial charge in [-0.3, -0.25) is 4.98 Å². The minimum atomic E-state index is -0.197. The fourth-order valence-corrected chi connectivity index (χ4v) is 0.831. The lowest BCUT2D eigenvalue weighted by Crippen LogP contribution is -2.21. The maximum absolute atomic E-state index is 5.65. The van der Waals surface area contributed by atoms with E-state index < -0.39 is 0 Å². The molecule has 0 saturated carbocycles. The Hall–Kier alpha value is -1.37. The first-order valence-corrected chi connectivity index (χ1v) is 3.66. The van der Waals surface area contributed by atoms with E-state index in [1.54, 1.807) is 18.3 Å². The molecule has 12 heavy (non-hydrogen) atoms. The fraction of sp³-hybridized carbons (Fsp3) is 0.222. The van der Waals surface area contributed by atoms with Gasteiger partial charge in [-0.1, -0.05) is 5.92 Å². The lowest BCUT2D eigenvalue weighted by Gasteiger charge is -2.06. The molecule has 0 fully saturated rings. The smallest absolute Gasteiger partial charge is 0.0594 e. The number of pyridine rings is 1. The first-order valence-electron chi connectivity index (χ1n) is 3.66. The molecule has 1 aromatic rings. The minimum absolute atomic E-state index is 0.197. The molecular weight excluding hydrogens is 150 g/mol. The van der Waals surface area contributed by atoms with Crippen molar-refractivity contribution in [2.24, 2.45) is 11.5 Å². The van der Waals surface area contributed by atoms with Crippen molar-refractivity contribution in [1.82, 2.24) is 4.98 Å². The maximum atomic E-state index is 5.65. The van der Waals surface area contributed by atoms with Crippen molar-refractivity contribution in [1.29, 1.82) is 0 Å². The summed E-state index contributed by atoms with van der Waals surface area (Å²) in [5, 5.41) is 0. The molecule has 0 bridgehead atoms. The van der Waals surface area contributed by atoms with Crippen LogP contribution in [0.5, 0.6) is 0 Å². The quantitative estimate of drug-likeness (QED) is 0.601. The van der Waals surface area contributed by atoms with Crippen LogP contribution in [0.3, 0.4) is 0 Å². The number of nitrogens with zero attached hydrogens (tertiary/aromatic N) is 1. The van der Waals surface area contributed by atoms with Gasteiger partial charge in [0.15, 0.2) is 0 Å². The van der Waals surface area contributed by atoms with Crippen LogP contribution in [0.15, 0.2) is 18.3 Å². The Morgan fingerprint density at radius 1 is 1.58 bits per heavy atom. The predicted molar refractivity (Wildman–Crippen MR) is 48.2 cm³/mol. The van der Waals surface area contributed by atoms with Crippen molar-refractivity contribution >= 4 is 0 Å². The van der Waals surface area contributed by atoms with Crippen LogP contribution >= 0.6 is 0 Å². The zero-order valence-electron chi connectivity index (χ0n) is 6.70. The Balaban J connectivity index is 2.86. The van der Waals surface area contributed by atoms with Gasteiger partial charge in [-0.25, -0.2) is 0 Å². The highest BCUT2D eigenvalue weighted by Crippen LogP contribution is 2.05. The van der Waals surface area contributed by atoms with E-state index in [1.165, 1.54) is 0 Å². The molecule has 1 aromatic heterocycles. The minimum Gasteiger partial charge on any atom is -0.329 e. The van der Waals surface area contributed by atoms with Gasteiger partial charge in [0, 0.05) is 18.3 Å².